The summed E-state index contributed by atoms with van der Waals surface area (Å²) in [5.41, 5.74) is 2.08. The fourth-order valence-electron chi connectivity index (χ4n) is 3.52. The first-order chi connectivity index (χ1) is 13.0. The van der Waals surface area contributed by atoms with Crippen molar-refractivity contribution in [2.24, 2.45) is 5.92 Å². The molecule has 7 heteroatoms. The molecule has 0 unspecified atom stereocenters. The van der Waals surface area contributed by atoms with Gasteiger partial charge >= 0.3 is 0 Å². The number of nitrogens with one attached hydrogen (secondary N) is 1. The van der Waals surface area contributed by atoms with Gasteiger partial charge in [0, 0.05) is 25.1 Å². The Balaban J connectivity index is 1.67. The maximum Gasteiger partial charge on any atom is 0.291 e. The number of hydrogen-bond donors (Lipinski definition) is 1. The number of nitrogens with zero attached hydrogens (tertiary/aromatic N) is 4. The molecule has 0 radical (unpaired) electrons. The largest absolute Gasteiger partial charge is 0.336 e. The Morgan fingerprint density at radius 2 is 1.89 bits per heavy atom. The molecule has 0 saturated carbocycles. The van der Waals surface area contributed by atoms with Crippen molar-refractivity contribution >= 4 is 11.7 Å². The molecule has 3 aromatic rings. The zero-order valence-electron chi connectivity index (χ0n) is 15.6. The number of amides is 1. The van der Waals surface area contributed by atoms with Gasteiger partial charge in [-0.25, -0.2) is 4.98 Å². The first-order valence-corrected chi connectivity index (χ1v) is 9.34. The van der Waals surface area contributed by atoms with E-state index in [2.05, 4.69) is 22.0 Å². The molecule has 0 atom stereocenters. The highest BCUT2D eigenvalue weighted by atomic mass is 16.2. The van der Waals surface area contributed by atoms with E-state index in [9.17, 15) is 9.59 Å². The van der Waals surface area contributed by atoms with Crippen LogP contribution < -0.4 is 5.56 Å². The predicted octanol–water partition coefficient (Wildman–Crippen LogP) is 2.19. The van der Waals surface area contributed by atoms with Gasteiger partial charge in [-0.1, -0.05) is 37.3 Å². The molecular formula is C20H23N5O2. The molecule has 1 aliphatic rings. The predicted molar refractivity (Wildman–Crippen MR) is 102 cm³/mol. The summed E-state index contributed by atoms with van der Waals surface area (Å²) in [6.07, 6.45) is 2.47. The van der Waals surface area contributed by atoms with E-state index in [1.165, 1.54) is 4.52 Å². The Morgan fingerprint density at radius 3 is 2.59 bits per heavy atom. The Bertz CT molecular complexity index is 1030. The van der Waals surface area contributed by atoms with Crippen LogP contribution in [0, 0.1) is 12.8 Å². The van der Waals surface area contributed by atoms with Gasteiger partial charge < -0.3 is 4.90 Å². The maximum atomic E-state index is 12.9. The third-order valence-electron chi connectivity index (χ3n) is 5.29. The molecule has 0 bridgehead atoms. The summed E-state index contributed by atoms with van der Waals surface area (Å²) >= 11 is 0. The van der Waals surface area contributed by atoms with E-state index >= 15 is 0 Å². The van der Waals surface area contributed by atoms with Crippen molar-refractivity contribution in [2.45, 2.75) is 33.1 Å². The van der Waals surface area contributed by atoms with Crippen LogP contribution in [0.3, 0.4) is 0 Å². The molecule has 2 aromatic heterocycles. The summed E-state index contributed by atoms with van der Waals surface area (Å²) in [6.45, 7) is 5.45. The van der Waals surface area contributed by atoms with Crippen molar-refractivity contribution in [3.05, 3.63) is 63.3 Å². The standard InChI is InChI=1S/C20H23N5O2/c1-13-8-10-24(11-9-13)19(27)17-22-20-21-14(2)16(18(26)25(20)23-17)12-15-6-4-3-5-7-15/h3-7,13H,8-12H2,1-2H3,(H,21,22,23). The average Bonchev–Trinajstić information content (AvgIpc) is 3.10. The van der Waals surface area contributed by atoms with E-state index in [0.717, 1.165) is 31.5 Å². The van der Waals surface area contributed by atoms with E-state index in [4.69, 9.17) is 0 Å². The Labute approximate surface area is 157 Å². The van der Waals surface area contributed by atoms with E-state index < -0.39 is 0 Å². The van der Waals surface area contributed by atoms with Crippen LogP contribution in [0.1, 0.15) is 47.2 Å². The van der Waals surface area contributed by atoms with E-state index in [-0.39, 0.29) is 23.1 Å². The second-order valence-electron chi connectivity index (χ2n) is 7.33. The zero-order chi connectivity index (χ0) is 19.0. The zero-order valence-corrected chi connectivity index (χ0v) is 15.6. The molecule has 140 valence electrons. The summed E-state index contributed by atoms with van der Waals surface area (Å²) in [4.78, 5) is 36.2. The normalized spacial score (nSPS) is 15.4. The van der Waals surface area contributed by atoms with E-state index in [0.29, 0.717) is 23.6 Å². The van der Waals surface area contributed by atoms with E-state index in [1.54, 1.807) is 4.90 Å². The van der Waals surface area contributed by atoms with Crippen LogP contribution in [-0.4, -0.2) is 43.5 Å². The second-order valence-corrected chi connectivity index (χ2v) is 7.33. The SMILES string of the molecule is Cc1nc2nc(C(=O)N3CCC(C)CC3)[nH]n2c(=O)c1Cc1ccccc1. The first kappa shape index (κ1) is 17.5. The van der Waals surface area contributed by atoms with Crippen molar-refractivity contribution in [3.8, 4) is 0 Å². The van der Waals surface area contributed by atoms with Gasteiger partial charge in [0.05, 0.1) is 5.69 Å². The quantitative estimate of drug-likeness (QED) is 0.771. The molecule has 1 aromatic carbocycles. The molecule has 1 N–H and O–H groups in total. The average molecular weight is 365 g/mol. The minimum Gasteiger partial charge on any atom is -0.336 e. The lowest BCUT2D eigenvalue weighted by Crippen LogP contribution is -2.38. The van der Waals surface area contributed by atoms with Crippen LogP contribution in [0.4, 0.5) is 0 Å². The molecule has 7 nitrogen and oxygen atoms in total. The Hall–Kier alpha value is -2.96. The van der Waals surface area contributed by atoms with Crippen LogP contribution >= 0.6 is 0 Å². The molecular weight excluding hydrogens is 342 g/mol. The van der Waals surface area contributed by atoms with Crippen LogP contribution in [0.25, 0.3) is 5.78 Å². The smallest absolute Gasteiger partial charge is 0.291 e. The summed E-state index contributed by atoms with van der Waals surface area (Å²) in [5, 5.41) is 2.86. The number of aromatic nitrogens is 4. The fraction of sp³-hybridized carbons (Fsp3) is 0.400. The van der Waals surface area contributed by atoms with Gasteiger partial charge in [-0.15, -0.1) is 0 Å². The molecule has 27 heavy (non-hydrogen) atoms. The number of aromatic amines is 1. The fourth-order valence-corrected chi connectivity index (χ4v) is 3.52. The molecule has 1 amide bonds. The number of hydrogen-bond acceptors (Lipinski definition) is 4. The van der Waals surface area contributed by atoms with E-state index in [1.807, 2.05) is 37.3 Å². The first-order valence-electron chi connectivity index (χ1n) is 9.34. The number of fused-ring (bicyclic) bond motifs is 1. The number of rotatable bonds is 3. The van der Waals surface area contributed by atoms with Crippen LogP contribution in [-0.2, 0) is 6.42 Å². The molecule has 1 saturated heterocycles. The third kappa shape index (κ3) is 3.37. The molecule has 1 aliphatic heterocycles. The minimum absolute atomic E-state index is 0.172. The summed E-state index contributed by atoms with van der Waals surface area (Å²) in [5.74, 6) is 0.875. The number of piperidine rings is 1. The lowest BCUT2D eigenvalue weighted by atomic mass is 9.99. The van der Waals surface area contributed by atoms with Crippen molar-refractivity contribution in [1.82, 2.24) is 24.5 Å². The molecule has 4 rings (SSSR count). The van der Waals surface area contributed by atoms with Crippen LogP contribution in [0.15, 0.2) is 35.1 Å². The summed E-state index contributed by atoms with van der Waals surface area (Å²) in [7, 11) is 0. The Kier molecular flexibility index (Phi) is 4.51. The van der Waals surface area contributed by atoms with Gasteiger partial charge in [-0.05, 0) is 31.2 Å². The molecule has 3 heterocycles. The lowest BCUT2D eigenvalue weighted by Gasteiger charge is -2.29. The minimum atomic E-state index is -0.208. The number of aryl methyl sites for hydroxylation is 1. The monoisotopic (exact) mass is 365 g/mol. The molecule has 1 fully saturated rings. The maximum absolute atomic E-state index is 12.9. The number of carbonyl (C=O) groups excluding carboxylic acids is 1. The lowest BCUT2D eigenvalue weighted by molar-refractivity contribution is 0.0685. The van der Waals surface area contributed by atoms with Gasteiger partial charge in [-0.3, -0.25) is 14.7 Å². The van der Waals surface area contributed by atoms with Crippen molar-refractivity contribution < 1.29 is 4.79 Å². The Morgan fingerprint density at radius 1 is 1.19 bits per heavy atom. The topological polar surface area (TPSA) is 83.4 Å². The summed E-state index contributed by atoms with van der Waals surface area (Å²) < 4.78 is 1.28. The van der Waals surface area contributed by atoms with Gasteiger partial charge in [0.2, 0.25) is 5.82 Å². The van der Waals surface area contributed by atoms with Crippen LogP contribution in [0.5, 0.6) is 0 Å². The van der Waals surface area contributed by atoms with Gasteiger partial charge in [0.15, 0.2) is 0 Å². The number of carbonyl (C=O) groups is 1. The second kappa shape index (κ2) is 6.98. The van der Waals surface area contributed by atoms with Gasteiger partial charge in [0.25, 0.3) is 17.2 Å². The van der Waals surface area contributed by atoms with Crippen molar-refractivity contribution in [2.75, 3.05) is 13.1 Å². The molecule has 0 aliphatic carbocycles. The summed E-state index contributed by atoms with van der Waals surface area (Å²) in [6, 6.07) is 9.79. The van der Waals surface area contributed by atoms with Crippen molar-refractivity contribution in [1.29, 1.82) is 0 Å². The highest BCUT2D eigenvalue weighted by Crippen LogP contribution is 2.17. The number of benzene rings is 1. The van der Waals surface area contributed by atoms with Gasteiger partial charge in [-0.2, -0.15) is 9.50 Å². The number of likely N-dealkylation sites (tertiary alicyclic amines) is 1. The van der Waals surface area contributed by atoms with Crippen LogP contribution in [0.2, 0.25) is 0 Å². The highest BCUT2D eigenvalue weighted by Gasteiger charge is 2.25. The number of H-pyrrole nitrogens is 1. The highest BCUT2D eigenvalue weighted by molar-refractivity contribution is 5.90. The molecule has 0 spiro atoms. The third-order valence-corrected chi connectivity index (χ3v) is 5.29. The van der Waals surface area contributed by atoms with Gasteiger partial charge in [0.1, 0.15) is 0 Å². The van der Waals surface area contributed by atoms with Crippen molar-refractivity contribution in [3.63, 3.8) is 0 Å².